The maximum Gasteiger partial charge on any atom is 0.240 e. The SMILES string of the molecule is CCNC(=NCc1ccc(S(=O)(=O)NCCOC)cc1)NCCc1ccccc1.I. The van der Waals surface area contributed by atoms with Gasteiger partial charge in [-0.05, 0) is 36.6 Å². The quantitative estimate of drug-likeness (QED) is 0.175. The molecule has 166 valence electrons. The molecule has 0 amide bonds. The lowest BCUT2D eigenvalue weighted by molar-refractivity contribution is 0.204. The predicted molar refractivity (Wildman–Crippen MR) is 132 cm³/mol. The molecule has 0 fully saturated rings. The third-order valence-corrected chi connectivity index (χ3v) is 5.62. The van der Waals surface area contributed by atoms with E-state index in [2.05, 4.69) is 32.5 Å². The first-order valence-electron chi connectivity index (χ1n) is 9.69. The van der Waals surface area contributed by atoms with E-state index in [1.165, 1.54) is 12.7 Å². The maximum absolute atomic E-state index is 12.2. The molecule has 0 unspecified atom stereocenters. The van der Waals surface area contributed by atoms with E-state index in [4.69, 9.17) is 4.74 Å². The number of rotatable bonds is 11. The second kappa shape index (κ2) is 14.3. The second-order valence-electron chi connectivity index (χ2n) is 6.39. The van der Waals surface area contributed by atoms with Gasteiger partial charge in [0.15, 0.2) is 5.96 Å². The highest BCUT2D eigenvalue weighted by atomic mass is 127. The average molecular weight is 546 g/mol. The van der Waals surface area contributed by atoms with Gasteiger partial charge in [0, 0.05) is 26.7 Å². The first-order chi connectivity index (χ1) is 14.0. The number of nitrogens with zero attached hydrogens (tertiary/aromatic N) is 1. The van der Waals surface area contributed by atoms with Crippen LogP contribution in [0.1, 0.15) is 18.1 Å². The van der Waals surface area contributed by atoms with Gasteiger partial charge in [0.2, 0.25) is 10.0 Å². The van der Waals surface area contributed by atoms with Crippen LogP contribution in [0.3, 0.4) is 0 Å². The fraction of sp³-hybridized carbons (Fsp3) is 0.381. The lowest BCUT2D eigenvalue weighted by Crippen LogP contribution is -2.38. The molecular weight excluding hydrogens is 515 g/mol. The van der Waals surface area contributed by atoms with Gasteiger partial charge in [-0.25, -0.2) is 18.1 Å². The molecule has 0 bridgehead atoms. The lowest BCUT2D eigenvalue weighted by atomic mass is 10.1. The summed E-state index contributed by atoms with van der Waals surface area (Å²) in [6.45, 7) is 4.59. The Balaban J connectivity index is 0.00000450. The average Bonchev–Trinajstić information content (AvgIpc) is 2.73. The van der Waals surface area contributed by atoms with E-state index >= 15 is 0 Å². The molecule has 0 heterocycles. The van der Waals surface area contributed by atoms with E-state index in [1.54, 1.807) is 24.3 Å². The van der Waals surface area contributed by atoms with Gasteiger partial charge in [-0.2, -0.15) is 0 Å². The second-order valence-corrected chi connectivity index (χ2v) is 8.16. The Morgan fingerprint density at radius 2 is 1.67 bits per heavy atom. The fourth-order valence-corrected chi connectivity index (χ4v) is 3.63. The number of hydrogen-bond donors (Lipinski definition) is 3. The number of hydrogen-bond acceptors (Lipinski definition) is 4. The zero-order valence-electron chi connectivity index (χ0n) is 17.4. The van der Waals surface area contributed by atoms with Crippen LogP contribution >= 0.6 is 24.0 Å². The fourth-order valence-electron chi connectivity index (χ4n) is 2.62. The molecule has 3 N–H and O–H groups in total. The predicted octanol–water partition coefficient (Wildman–Crippen LogP) is 2.53. The summed E-state index contributed by atoms with van der Waals surface area (Å²) in [5.41, 5.74) is 2.20. The van der Waals surface area contributed by atoms with E-state index in [0.29, 0.717) is 13.2 Å². The summed E-state index contributed by atoms with van der Waals surface area (Å²) in [6.07, 6.45) is 0.911. The van der Waals surface area contributed by atoms with Crippen molar-refractivity contribution in [3.8, 4) is 0 Å². The molecular formula is C21H31IN4O3S. The van der Waals surface area contributed by atoms with Gasteiger partial charge in [-0.1, -0.05) is 42.5 Å². The van der Waals surface area contributed by atoms with Crippen LogP contribution in [0.25, 0.3) is 0 Å². The van der Waals surface area contributed by atoms with Gasteiger partial charge in [0.25, 0.3) is 0 Å². The van der Waals surface area contributed by atoms with E-state index in [9.17, 15) is 8.42 Å². The normalized spacial score (nSPS) is 11.6. The minimum atomic E-state index is -3.52. The van der Waals surface area contributed by atoms with Crippen molar-refractivity contribution in [3.05, 3.63) is 65.7 Å². The highest BCUT2D eigenvalue weighted by Gasteiger charge is 2.12. The number of sulfonamides is 1. The van der Waals surface area contributed by atoms with Gasteiger partial charge in [-0.3, -0.25) is 0 Å². The van der Waals surface area contributed by atoms with Gasteiger partial charge in [0.05, 0.1) is 18.0 Å². The largest absolute Gasteiger partial charge is 0.383 e. The lowest BCUT2D eigenvalue weighted by Gasteiger charge is -2.11. The number of ether oxygens (including phenoxy) is 1. The van der Waals surface area contributed by atoms with Crippen molar-refractivity contribution < 1.29 is 13.2 Å². The van der Waals surface area contributed by atoms with Crippen molar-refractivity contribution in [3.63, 3.8) is 0 Å². The van der Waals surface area contributed by atoms with Crippen molar-refractivity contribution >= 4 is 40.0 Å². The molecule has 9 heteroatoms. The molecule has 0 atom stereocenters. The number of benzene rings is 2. The van der Waals surface area contributed by atoms with Crippen molar-refractivity contribution in [1.29, 1.82) is 0 Å². The summed E-state index contributed by atoms with van der Waals surface area (Å²) in [4.78, 5) is 4.81. The summed E-state index contributed by atoms with van der Waals surface area (Å²) in [5, 5.41) is 6.55. The van der Waals surface area contributed by atoms with Crippen LogP contribution in [0.2, 0.25) is 0 Å². The van der Waals surface area contributed by atoms with Crippen LogP contribution in [0.5, 0.6) is 0 Å². The van der Waals surface area contributed by atoms with Crippen molar-refractivity contribution in [2.75, 3.05) is 33.4 Å². The third kappa shape index (κ3) is 9.41. The molecule has 0 spiro atoms. The van der Waals surface area contributed by atoms with Crippen LogP contribution in [0.15, 0.2) is 64.5 Å². The molecule has 30 heavy (non-hydrogen) atoms. The molecule has 2 aromatic carbocycles. The Morgan fingerprint density at radius 3 is 2.30 bits per heavy atom. The Kier molecular flexibility index (Phi) is 12.6. The Hall–Kier alpha value is -1.69. The monoisotopic (exact) mass is 546 g/mol. The van der Waals surface area contributed by atoms with Gasteiger partial charge in [0.1, 0.15) is 0 Å². The van der Waals surface area contributed by atoms with Crippen LogP contribution in [0, 0.1) is 0 Å². The highest BCUT2D eigenvalue weighted by molar-refractivity contribution is 14.0. The van der Waals surface area contributed by atoms with Gasteiger partial charge < -0.3 is 15.4 Å². The molecule has 0 radical (unpaired) electrons. The molecule has 0 aromatic heterocycles. The maximum atomic E-state index is 12.2. The molecule has 7 nitrogen and oxygen atoms in total. The first-order valence-corrected chi connectivity index (χ1v) is 11.2. The molecule has 0 aliphatic carbocycles. The standard InChI is InChI=1S/C21H30N4O3S.HI/c1-3-22-21(23-14-13-18-7-5-4-6-8-18)24-17-19-9-11-20(12-10-19)29(26,27)25-15-16-28-2;/h4-12,25H,3,13-17H2,1-2H3,(H2,22,23,24);1H. The van der Waals surface area contributed by atoms with E-state index in [0.717, 1.165) is 31.0 Å². The summed E-state index contributed by atoms with van der Waals surface area (Å²) >= 11 is 0. The number of aliphatic imine (C=N–C) groups is 1. The van der Waals surface area contributed by atoms with Crippen LogP contribution in [-0.4, -0.2) is 47.7 Å². The zero-order valence-corrected chi connectivity index (χ0v) is 20.6. The molecule has 2 rings (SSSR count). The molecule has 0 aliphatic heterocycles. The molecule has 0 aliphatic rings. The Morgan fingerprint density at radius 1 is 0.967 bits per heavy atom. The number of halogens is 1. The third-order valence-electron chi connectivity index (χ3n) is 4.14. The molecule has 2 aromatic rings. The van der Waals surface area contributed by atoms with Crippen molar-refractivity contribution in [2.24, 2.45) is 4.99 Å². The van der Waals surface area contributed by atoms with E-state index < -0.39 is 10.0 Å². The van der Waals surface area contributed by atoms with Crippen LogP contribution in [-0.2, 0) is 27.7 Å². The van der Waals surface area contributed by atoms with Crippen molar-refractivity contribution in [1.82, 2.24) is 15.4 Å². The summed E-state index contributed by atoms with van der Waals surface area (Å²) < 4.78 is 31.7. The zero-order chi connectivity index (χ0) is 21.0. The minimum absolute atomic E-state index is 0. The Bertz CT molecular complexity index is 860. The molecule has 0 saturated heterocycles. The van der Waals surface area contributed by atoms with E-state index in [-0.39, 0.29) is 35.4 Å². The van der Waals surface area contributed by atoms with Crippen LogP contribution in [0.4, 0.5) is 0 Å². The first kappa shape index (κ1) is 26.3. The van der Waals surface area contributed by atoms with E-state index in [1.807, 2.05) is 25.1 Å². The summed E-state index contributed by atoms with van der Waals surface area (Å²) in [6, 6.07) is 17.0. The van der Waals surface area contributed by atoms with Crippen LogP contribution < -0.4 is 15.4 Å². The minimum Gasteiger partial charge on any atom is -0.383 e. The summed E-state index contributed by atoms with van der Waals surface area (Å²) in [7, 11) is -1.99. The van der Waals surface area contributed by atoms with Gasteiger partial charge in [-0.15, -0.1) is 24.0 Å². The van der Waals surface area contributed by atoms with Crippen molar-refractivity contribution in [2.45, 2.75) is 24.8 Å². The topological polar surface area (TPSA) is 91.8 Å². The number of methoxy groups -OCH3 is 1. The smallest absolute Gasteiger partial charge is 0.240 e. The van der Waals surface area contributed by atoms with Gasteiger partial charge >= 0.3 is 0 Å². The summed E-state index contributed by atoms with van der Waals surface area (Å²) in [5.74, 6) is 0.737. The molecule has 0 saturated carbocycles. The highest BCUT2D eigenvalue weighted by Crippen LogP contribution is 2.11. The number of nitrogens with one attached hydrogen (secondary N) is 3. The number of guanidine groups is 1. The Labute approximate surface area is 196 Å².